The quantitative estimate of drug-likeness (QED) is 0.161. The van der Waals surface area contributed by atoms with Crippen molar-refractivity contribution in [3.8, 4) is 0 Å². The molecule has 256 valence electrons. The summed E-state index contributed by atoms with van der Waals surface area (Å²) < 4.78 is 160. The second-order valence-electron chi connectivity index (χ2n) is 12.7. The monoisotopic (exact) mass is 644 g/mol. The molecule has 0 aliphatic carbocycles. The first kappa shape index (κ1) is 58.6. The number of quaternary nitrogens is 4. The van der Waals surface area contributed by atoms with Crippen LogP contribution >= 0.6 is 0 Å². The first-order valence-corrected chi connectivity index (χ1v) is 10.6. The first-order chi connectivity index (χ1) is 16.0. The van der Waals surface area contributed by atoms with Crippen molar-refractivity contribution in [1.82, 2.24) is 0 Å². The van der Waals surface area contributed by atoms with Crippen molar-refractivity contribution in [3.05, 3.63) is 0 Å². The molecule has 0 heterocycles. The van der Waals surface area contributed by atoms with E-state index in [0.29, 0.717) is 0 Å². The van der Waals surface area contributed by atoms with Crippen molar-refractivity contribution >= 4 is 29.0 Å². The highest BCUT2D eigenvalue weighted by molar-refractivity contribution is 6.50. The molecular weight excluding hydrogens is 595 g/mol. The minimum absolute atomic E-state index is 1.00. The molecule has 0 bridgehead atoms. The van der Waals surface area contributed by atoms with Crippen molar-refractivity contribution in [1.29, 1.82) is 0 Å². The predicted octanol–water partition coefficient (Wildman–Crippen LogP) is 6.49. The van der Waals surface area contributed by atoms with Gasteiger partial charge >= 0.3 is 29.0 Å². The minimum Gasteiger partial charge on any atom is -0.418 e. The van der Waals surface area contributed by atoms with Crippen molar-refractivity contribution in [2.24, 2.45) is 0 Å². The molecule has 0 atom stereocenters. The van der Waals surface area contributed by atoms with Crippen LogP contribution in [-0.4, -0.2) is 160 Å². The molecule has 40 heavy (non-hydrogen) atoms. The van der Waals surface area contributed by atoms with Gasteiger partial charge in [-0.3, -0.25) is 0 Å². The van der Waals surface area contributed by atoms with E-state index < -0.39 is 29.0 Å². The summed E-state index contributed by atoms with van der Waals surface area (Å²) in [6.45, 7) is 0. The van der Waals surface area contributed by atoms with Crippen LogP contribution in [0, 0.1) is 0 Å². The second-order valence-corrected chi connectivity index (χ2v) is 12.7. The molecule has 0 aliphatic rings. The number of rotatable bonds is 0. The van der Waals surface area contributed by atoms with Crippen LogP contribution in [-0.2, 0) is 0 Å². The van der Waals surface area contributed by atoms with Gasteiger partial charge in [-0.1, -0.05) is 0 Å². The lowest BCUT2D eigenvalue weighted by Gasteiger charge is -2.14. The number of hydrogen-bond donors (Lipinski definition) is 0. The minimum atomic E-state index is -6.00. The zero-order valence-electron chi connectivity index (χ0n) is 26.1. The van der Waals surface area contributed by atoms with Gasteiger partial charge in [-0.05, 0) is 0 Å². The topological polar surface area (TPSA) is 0 Å². The van der Waals surface area contributed by atoms with Crippen LogP contribution in [0.15, 0.2) is 0 Å². The fraction of sp³-hybridized carbons (Fsp3) is 1.00. The third kappa shape index (κ3) is 46000. The summed E-state index contributed by atoms with van der Waals surface area (Å²) in [5, 5.41) is 0. The SMILES string of the molecule is C[N+](C)(C)C.C[N+](C)(C)C.C[N+](C)(C)C.C[N+](C)(C)C.F[B-](F)(F)F.F[B-](F)(F)F.F[B-](F)(F)F.F[B-](F)(F)F. The molecule has 0 fully saturated rings. The summed E-state index contributed by atoms with van der Waals surface area (Å²) in [6.07, 6.45) is 0. The van der Waals surface area contributed by atoms with E-state index in [4.69, 9.17) is 0 Å². The summed E-state index contributed by atoms with van der Waals surface area (Å²) in [4.78, 5) is 0. The first-order valence-electron chi connectivity index (χ1n) is 10.6. The third-order valence-electron chi connectivity index (χ3n) is 0. The Morgan fingerprint density at radius 1 is 0.200 bits per heavy atom. The van der Waals surface area contributed by atoms with E-state index in [1.807, 2.05) is 0 Å². The van der Waals surface area contributed by atoms with Crippen LogP contribution in [0.2, 0.25) is 0 Å². The van der Waals surface area contributed by atoms with Crippen LogP contribution in [0.25, 0.3) is 0 Å². The fourth-order valence-corrected chi connectivity index (χ4v) is 0. The summed E-state index contributed by atoms with van der Waals surface area (Å²) in [5.74, 6) is 0. The molecule has 0 rings (SSSR count). The molecular formula is C16H48B4F16N4. The lowest BCUT2D eigenvalue weighted by molar-refractivity contribution is -0.849. The second kappa shape index (κ2) is 23.5. The van der Waals surface area contributed by atoms with Crippen LogP contribution in [0.4, 0.5) is 69.1 Å². The van der Waals surface area contributed by atoms with Gasteiger partial charge in [0.1, 0.15) is 0 Å². The van der Waals surface area contributed by atoms with E-state index in [9.17, 15) is 69.1 Å². The summed E-state index contributed by atoms with van der Waals surface area (Å²) in [6, 6.07) is 0. The van der Waals surface area contributed by atoms with E-state index in [1.165, 1.54) is 0 Å². The average molecular weight is 644 g/mol. The van der Waals surface area contributed by atoms with E-state index in [2.05, 4.69) is 113 Å². The van der Waals surface area contributed by atoms with E-state index in [1.54, 1.807) is 0 Å². The van der Waals surface area contributed by atoms with Gasteiger partial charge in [-0.2, -0.15) is 0 Å². The van der Waals surface area contributed by atoms with Crippen LogP contribution in [0.3, 0.4) is 0 Å². The molecule has 0 radical (unpaired) electrons. The highest BCUT2D eigenvalue weighted by Gasteiger charge is 2.21. The zero-order valence-corrected chi connectivity index (χ0v) is 26.1. The maximum Gasteiger partial charge on any atom is 0.673 e. The number of halogens is 16. The Balaban J connectivity index is -0.0000000488. The molecule has 0 N–H and O–H groups in total. The lowest BCUT2D eigenvalue weighted by atomic mass is 10.3. The molecule has 0 unspecified atom stereocenters. The Hall–Kier alpha value is -1.02. The van der Waals surface area contributed by atoms with Crippen molar-refractivity contribution in [3.63, 3.8) is 0 Å². The van der Waals surface area contributed by atoms with Gasteiger partial charge in [0, 0.05) is 0 Å². The molecule has 0 aromatic carbocycles. The largest absolute Gasteiger partial charge is 0.673 e. The zero-order chi connectivity index (χ0) is 36.0. The summed E-state index contributed by atoms with van der Waals surface area (Å²) >= 11 is 0. The Morgan fingerprint density at radius 2 is 0.200 bits per heavy atom. The highest BCUT2D eigenvalue weighted by atomic mass is 19.5. The molecule has 0 saturated carbocycles. The lowest BCUT2D eigenvalue weighted by Crippen LogP contribution is -2.27. The average Bonchev–Trinajstić information content (AvgIpc) is 2.16. The molecule has 0 aliphatic heterocycles. The molecule has 4 nitrogen and oxygen atoms in total. The van der Waals surface area contributed by atoms with Gasteiger partial charge in [0.05, 0.1) is 113 Å². The Bertz CT molecular complexity index is 337. The number of hydrogen-bond acceptors (Lipinski definition) is 0. The normalized spacial score (nSPS) is 12.0. The molecule has 0 spiro atoms. The Kier molecular flexibility index (Phi) is 34.5. The van der Waals surface area contributed by atoms with Gasteiger partial charge in [0.25, 0.3) is 0 Å². The fourth-order valence-electron chi connectivity index (χ4n) is 0. The predicted molar refractivity (Wildman–Crippen MR) is 137 cm³/mol. The molecule has 24 heteroatoms. The smallest absolute Gasteiger partial charge is 0.418 e. The Labute approximate surface area is 229 Å². The van der Waals surface area contributed by atoms with E-state index in [-0.39, 0.29) is 0 Å². The van der Waals surface area contributed by atoms with Crippen molar-refractivity contribution in [2.45, 2.75) is 0 Å². The van der Waals surface area contributed by atoms with Crippen molar-refractivity contribution in [2.75, 3.05) is 113 Å². The van der Waals surface area contributed by atoms with Gasteiger partial charge in [0.2, 0.25) is 0 Å². The summed E-state index contributed by atoms with van der Waals surface area (Å²) in [5.41, 5.74) is 0. The summed E-state index contributed by atoms with van der Waals surface area (Å²) in [7, 11) is 10.0. The third-order valence-corrected chi connectivity index (χ3v) is 0. The Morgan fingerprint density at radius 3 is 0.200 bits per heavy atom. The van der Waals surface area contributed by atoms with E-state index >= 15 is 0 Å². The maximum absolute atomic E-state index is 9.75. The van der Waals surface area contributed by atoms with Crippen LogP contribution in [0.1, 0.15) is 0 Å². The standard InChI is InChI=1S/4C4H12N.4BF4/c4*1-5(2,3)4;4*2-1(3,4)5/h4*1-4H3;;;;/q4*+1;4*-1. The van der Waals surface area contributed by atoms with Gasteiger partial charge < -0.3 is 87.0 Å². The van der Waals surface area contributed by atoms with Gasteiger partial charge in [0.15, 0.2) is 0 Å². The molecule has 0 aromatic rings. The van der Waals surface area contributed by atoms with Gasteiger partial charge in [-0.25, -0.2) is 0 Å². The number of nitrogens with zero attached hydrogens (tertiary/aromatic N) is 4. The van der Waals surface area contributed by atoms with Crippen molar-refractivity contribution < 1.29 is 87.0 Å². The highest BCUT2D eigenvalue weighted by Crippen LogP contribution is 2.08. The van der Waals surface area contributed by atoms with E-state index in [0.717, 1.165) is 17.9 Å². The maximum atomic E-state index is 9.75. The van der Waals surface area contributed by atoms with Crippen LogP contribution < -0.4 is 0 Å². The molecule has 0 amide bonds. The van der Waals surface area contributed by atoms with Crippen LogP contribution in [0.5, 0.6) is 0 Å². The molecule has 0 saturated heterocycles. The molecule has 0 aromatic heterocycles. The van der Waals surface area contributed by atoms with Gasteiger partial charge in [-0.15, -0.1) is 0 Å².